The summed E-state index contributed by atoms with van der Waals surface area (Å²) in [5.41, 5.74) is 1.87. The van der Waals surface area contributed by atoms with E-state index >= 15 is 0 Å². The zero-order valence-electron chi connectivity index (χ0n) is 15.3. The van der Waals surface area contributed by atoms with Crippen molar-refractivity contribution >= 4 is 28.4 Å². The van der Waals surface area contributed by atoms with Gasteiger partial charge in [-0.25, -0.2) is 23.2 Å². The highest BCUT2D eigenvalue weighted by Gasteiger charge is 2.30. The van der Waals surface area contributed by atoms with Gasteiger partial charge in [0.05, 0.1) is 31.1 Å². The Balaban J connectivity index is 1.40. The number of aromatic nitrogens is 3. The second-order valence-electron chi connectivity index (χ2n) is 7.34. The SMILES string of the molecule is O=C(Nc1ccc(F)c(-n2cc3cc(N4CC(O)C4)cnc3n2)c1)N1CC(F)C1. The monoisotopic (exact) mass is 400 g/mol. The summed E-state index contributed by atoms with van der Waals surface area (Å²) in [6.45, 7) is 1.23. The van der Waals surface area contributed by atoms with Gasteiger partial charge in [-0.05, 0) is 24.3 Å². The molecule has 0 aliphatic carbocycles. The van der Waals surface area contributed by atoms with E-state index < -0.39 is 18.0 Å². The number of likely N-dealkylation sites (tertiary alicyclic amines) is 1. The summed E-state index contributed by atoms with van der Waals surface area (Å²) < 4.78 is 28.7. The topological polar surface area (TPSA) is 86.5 Å². The molecule has 2 aliphatic rings. The summed E-state index contributed by atoms with van der Waals surface area (Å²) in [7, 11) is 0. The number of anilines is 2. The number of nitrogens with one attached hydrogen (secondary N) is 1. The Kier molecular flexibility index (Phi) is 4.09. The molecule has 2 aliphatic heterocycles. The van der Waals surface area contributed by atoms with Crippen LogP contribution in [0.3, 0.4) is 0 Å². The van der Waals surface area contributed by atoms with E-state index in [0.717, 1.165) is 11.1 Å². The maximum atomic E-state index is 14.4. The Morgan fingerprint density at radius 1 is 1.21 bits per heavy atom. The van der Waals surface area contributed by atoms with Crippen LogP contribution in [-0.2, 0) is 0 Å². The van der Waals surface area contributed by atoms with E-state index in [1.54, 1.807) is 12.4 Å². The third-order valence-corrected chi connectivity index (χ3v) is 5.14. The number of fused-ring (bicyclic) bond motifs is 1. The number of nitrogens with zero attached hydrogens (tertiary/aromatic N) is 5. The number of β-amino-alcohol motifs (C(OH)–C–C–N with tert-alkyl or cyclic N) is 1. The maximum Gasteiger partial charge on any atom is 0.322 e. The number of hydrogen-bond acceptors (Lipinski definition) is 5. The molecule has 0 unspecified atom stereocenters. The van der Waals surface area contributed by atoms with Gasteiger partial charge in [0, 0.05) is 30.4 Å². The first-order valence-electron chi connectivity index (χ1n) is 9.24. The van der Waals surface area contributed by atoms with E-state index in [1.165, 1.54) is 27.8 Å². The van der Waals surface area contributed by atoms with Gasteiger partial charge in [0.25, 0.3) is 0 Å². The molecule has 2 aromatic heterocycles. The smallest absolute Gasteiger partial charge is 0.322 e. The summed E-state index contributed by atoms with van der Waals surface area (Å²) >= 11 is 0. The number of aliphatic hydroxyl groups excluding tert-OH is 1. The third-order valence-electron chi connectivity index (χ3n) is 5.14. The molecule has 2 N–H and O–H groups in total. The van der Waals surface area contributed by atoms with Gasteiger partial charge in [-0.15, -0.1) is 5.10 Å². The molecule has 2 amide bonds. The van der Waals surface area contributed by atoms with Gasteiger partial charge in [-0.1, -0.05) is 0 Å². The van der Waals surface area contributed by atoms with E-state index in [9.17, 15) is 18.7 Å². The van der Waals surface area contributed by atoms with Crippen LogP contribution in [-0.4, -0.2) is 69.3 Å². The average molecular weight is 400 g/mol. The van der Waals surface area contributed by atoms with E-state index in [1.807, 2.05) is 11.0 Å². The van der Waals surface area contributed by atoms with Crippen molar-refractivity contribution in [3.8, 4) is 5.69 Å². The second-order valence-corrected chi connectivity index (χ2v) is 7.34. The van der Waals surface area contributed by atoms with Crippen molar-refractivity contribution in [2.75, 3.05) is 36.4 Å². The van der Waals surface area contributed by atoms with Crippen LogP contribution in [0.25, 0.3) is 16.7 Å². The van der Waals surface area contributed by atoms with Crippen molar-refractivity contribution in [2.45, 2.75) is 12.3 Å². The van der Waals surface area contributed by atoms with Gasteiger partial charge < -0.3 is 20.2 Å². The Bertz CT molecular complexity index is 1090. The lowest BCUT2D eigenvalue weighted by atomic mass is 10.1. The normalized spacial score (nSPS) is 17.3. The third kappa shape index (κ3) is 3.25. The zero-order valence-corrected chi connectivity index (χ0v) is 15.3. The molecule has 2 saturated heterocycles. The summed E-state index contributed by atoms with van der Waals surface area (Å²) in [5.74, 6) is -0.505. The number of benzene rings is 1. The molecule has 0 saturated carbocycles. The first-order chi connectivity index (χ1) is 14.0. The molecule has 5 rings (SSSR count). The van der Waals surface area contributed by atoms with E-state index in [2.05, 4.69) is 15.4 Å². The van der Waals surface area contributed by atoms with Crippen molar-refractivity contribution in [1.82, 2.24) is 19.7 Å². The first kappa shape index (κ1) is 17.8. The molecule has 0 atom stereocenters. The van der Waals surface area contributed by atoms with E-state index in [4.69, 9.17) is 0 Å². The Hall–Kier alpha value is -3.27. The molecule has 29 heavy (non-hydrogen) atoms. The van der Waals surface area contributed by atoms with Crippen LogP contribution in [0.2, 0.25) is 0 Å². The molecule has 0 radical (unpaired) electrons. The lowest BCUT2D eigenvalue weighted by Crippen LogP contribution is -2.53. The molecular weight excluding hydrogens is 382 g/mol. The molecular formula is C19H18F2N6O2. The maximum absolute atomic E-state index is 14.4. The van der Waals surface area contributed by atoms with Crippen LogP contribution in [0.15, 0.2) is 36.7 Å². The molecule has 4 heterocycles. The van der Waals surface area contributed by atoms with Gasteiger partial charge in [-0.2, -0.15) is 0 Å². The Labute approximate surface area is 164 Å². The van der Waals surface area contributed by atoms with Crippen molar-refractivity contribution in [3.05, 3.63) is 42.5 Å². The minimum Gasteiger partial charge on any atom is -0.389 e. The van der Waals surface area contributed by atoms with Crippen molar-refractivity contribution < 1.29 is 18.7 Å². The number of halogens is 2. The number of urea groups is 1. The van der Waals surface area contributed by atoms with Crippen LogP contribution >= 0.6 is 0 Å². The van der Waals surface area contributed by atoms with Crippen LogP contribution in [0.4, 0.5) is 25.0 Å². The lowest BCUT2D eigenvalue weighted by Gasteiger charge is -2.37. The fourth-order valence-corrected chi connectivity index (χ4v) is 3.43. The van der Waals surface area contributed by atoms with Gasteiger partial charge in [0.2, 0.25) is 0 Å². The summed E-state index contributed by atoms with van der Waals surface area (Å²) in [6.07, 6.45) is 2.02. The molecule has 150 valence electrons. The lowest BCUT2D eigenvalue weighted by molar-refractivity contribution is 0.0974. The number of carbonyl (C=O) groups excluding carboxylic acids is 1. The van der Waals surface area contributed by atoms with Crippen LogP contribution in [0.5, 0.6) is 0 Å². The van der Waals surface area contributed by atoms with Crippen LogP contribution in [0.1, 0.15) is 0 Å². The van der Waals surface area contributed by atoms with E-state index in [0.29, 0.717) is 24.4 Å². The first-order valence-corrected chi connectivity index (χ1v) is 9.24. The van der Waals surface area contributed by atoms with Crippen LogP contribution < -0.4 is 10.2 Å². The molecule has 8 nitrogen and oxygen atoms in total. The number of hydrogen-bond donors (Lipinski definition) is 2. The predicted octanol–water partition coefficient (Wildman–Crippen LogP) is 1.93. The molecule has 1 aromatic carbocycles. The average Bonchev–Trinajstić information content (AvgIpc) is 3.07. The highest BCUT2D eigenvalue weighted by molar-refractivity contribution is 5.90. The number of amides is 2. The standard InChI is InChI=1S/C19H18F2N6O2/c20-12-7-26(8-12)19(29)23-13-1-2-16(21)17(4-13)27-6-11-3-14(5-22-18(11)24-27)25-9-15(28)10-25/h1-6,12,15,28H,7-10H2,(H,23,29). The molecule has 0 bridgehead atoms. The number of aliphatic hydroxyl groups is 1. The highest BCUT2D eigenvalue weighted by Crippen LogP contribution is 2.26. The van der Waals surface area contributed by atoms with E-state index in [-0.39, 0.29) is 24.9 Å². The highest BCUT2D eigenvalue weighted by atomic mass is 19.1. The number of rotatable bonds is 3. The summed E-state index contributed by atoms with van der Waals surface area (Å²) in [5, 5.41) is 17.2. The van der Waals surface area contributed by atoms with Crippen LogP contribution in [0, 0.1) is 5.82 Å². The number of carbonyl (C=O) groups is 1. The fourth-order valence-electron chi connectivity index (χ4n) is 3.43. The van der Waals surface area contributed by atoms with Crippen molar-refractivity contribution in [1.29, 1.82) is 0 Å². The molecule has 3 aromatic rings. The molecule has 0 spiro atoms. The predicted molar refractivity (Wildman–Crippen MR) is 103 cm³/mol. The van der Waals surface area contributed by atoms with Crippen molar-refractivity contribution in [2.24, 2.45) is 0 Å². The van der Waals surface area contributed by atoms with Gasteiger partial charge in [0.1, 0.15) is 17.7 Å². The minimum atomic E-state index is -0.988. The number of alkyl halides is 1. The minimum absolute atomic E-state index is 0.0620. The summed E-state index contributed by atoms with van der Waals surface area (Å²) in [4.78, 5) is 19.7. The summed E-state index contributed by atoms with van der Waals surface area (Å²) in [6, 6.07) is 5.62. The van der Waals surface area contributed by atoms with Gasteiger partial charge in [-0.3, -0.25) is 0 Å². The fraction of sp³-hybridized carbons (Fsp3) is 0.316. The van der Waals surface area contributed by atoms with Gasteiger partial charge >= 0.3 is 6.03 Å². The molecule has 10 heteroatoms. The largest absolute Gasteiger partial charge is 0.389 e. The zero-order chi connectivity index (χ0) is 20.1. The number of pyridine rings is 1. The second kappa shape index (κ2) is 6.66. The van der Waals surface area contributed by atoms with Gasteiger partial charge in [0.15, 0.2) is 5.65 Å². The quantitative estimate of drug-likeness (QED) is 0.702. The Morgan fingerprint density at radius 3 is 2.72 bits per heavy atom. The molecule has 2 fully saturated rings. The Morgan fingerprint density at radius 2 is 2.00 bits per heavy atom. The van der Waals surface area contributed by atoms with Crippen molar-refractivity contribution in [3.63, 3.8) is 0 Å².